The van der Waals surface area contributed by atoms with Gasteiger partial charge in [-0.05, 0) is 60.1 Å². The summed E-state index contributed by atoms with van der Waals surface area (Å²) in [4.78, 5) is 3.42. The Labute approximate surface area is 115 Å². The summed E-state index contributed by atoms with van der Waals surface area (Å²) in [5.74, 6) is 0. The van der Waals surface area contributed by atoms with Crippen LogP contribution in [0, 0.1) is 0 Å². The third kappa shape index (κ3) is 2.42. The van der Waals surface area contributed by atoms with E-state index in [0.717, 1.165) is 37.3 Å². The van der Waals surface area contributed by atoms with Crippen molar-refractivity contribution in [3.63, 3.8) is 0 Å². The first kappa shape index (κ1) is 13.2. The van der Waals surface area contributed by atoms with Crippen molar-refractivity contribution in [3.05, 3.63) is 53.3 Å². The molecule has 3 rings (SSSR count). The summed E-state index contributed by atoms with van der Waals surface area (Å²) in [6.45, 7) is 0. The smallest absolute Gasteiger partial charge is 0.252 e. The summed E-state index contributed by atoms with van der Waals surface area (Å²) >= 11 is 0. The highest BCUT2D eigenvalue weighted by atomic mass is 19.4. The number of nitrogens with zero attached hydrogens (tertiary/aromatic N) is 1. The minimum absolute atomic E-state index is 0.603. The van der Waals surface area contributed by atoms with Crippen LogP contribution in [0.4, 0.5) is 13.2 Å². The molecule has 20 heavy (non-hydrogen) atoms. The molecule has 0 bridgehead atoms. The van der Waals surface area contributed by atoms with Gasteiger partial charge >= 0.3 is 6.18 Å². The van der Waals surface area contributed by atoms with Gasteiger partial charge in [-0.1, -0.05) is 18.2 Å². The third-order valence-electron chi connectivity index (χ3n) is 3.76. The van der Waals surface area contributed by atoms with Gasteiger partial charge in [-0.3, -0.25) is 4.98 Å². The molecule has 4 heteroatoms. The van der Waals surface area contributed by atoms with E-state index in [4.69, 9.17) is 0 Å². The van der Waals surface area contributed by atoms with Gasteiger partial charge in [-0.25, -0.2) is 0 Å². The number of aromatic nitrogens is 1. The molecule has 0 saturated carbocycles. The van der Waals surface area contributed by atoms with Crippen LogP contribution >= 0.6 is 0 Å². The summed E-state index contributed by atoms with van der Waals surface area (Å²) in [6, 6.07) is 8.69. The number of aryl methyl sites for hydroxylation is 1. The van der Waals surface area contributed by atoms with E-state index in [2.05, 4.69) is 11.1 Å². The van der Waals surface area contributed by atoms with E-state index < -0.39 is 11.9 Å². The number of alkyl halides is 3. The summed E-state index contributed by atoms with van der Waals surface area (Å²) in [5.41, 5.74) is 3.14. The normalized spacial score (nSPS) is 14.9. The predicted octanol–water partition coefficient (Wildman–Crippen LogP) is 4.65. The molecule has 0 spiro atoms. The predicted molar refractivity (Wildman–Crippen MR) is 71.3 cm³/mol. The second-order valence-corrected chi connectivity index (χ2v) is 5.08. The summed E-state index contributed by atoms with van der Waals surface area (Å²) < 4.78 is 38.3. The van der Waals surface area contributed by atoms with E-state index in [-0.39, 0.29) is 0 Å². The average Bonchev–Trinajstić information content (AvgIpc) is 2.46. The number of benzene rings is 1. The van der Waals surface area contributed by atoms with E-state index in [9.17, 15) is 13.2 Å². The Hall–Kier alpha value is -1.84. The highest BCUT2D eigenvalue weighted by Gasteiger charge is 2.32. The fourth-order valence-corrected chi connectivity index (χ4v) is 2.80. The van der Waals surface area contributed by atoms with E-state index in [1.165, 1.54) is 17.3 Å². The van der Waals surface area contributed by atoms with Crippen LogP contribution in [0.3, 0.4) is 0 Å². The van der Waals surface area contributed by atoms with Gasteiger partial charge in [0.2, 0.25) is 0 Å². The van der Waals surface area contributed by atoms with E-state index in [1.54, 1.807) is 6.07 Å². The van der Waals surface area contributed by atoms with Crippen LogP contribution in [0.15, 0.2) is 36.5 Å². The molecular formula is C16H14F3N. The fourth-order valence-electron chi connectivity index (χ4n) is 2.80. The van der Waals surface area contributed by atoms with Crippen molar-refractivity contribution >= 4 is 0 Å². The van der Waals surface area contributed by atoms with Crippen molar-refractivity contribution in [1.82, 2.24) is 4.98 Å². The van der Waals surface area contributed by atoms with Crippen LogP contribution in [-0.4, -0.2) is 4.98 Å². The molecule has 0 fully saturated rings. The van der Waals surface area contributed by atoms with Crippen LogP contribution in [0.1, 0.15) is 29.7 Å². The molecule has 2 aromatic rings. The monoisotopic (exact) mass is 277 g/mol. The lowest BCUT2D eigenvalue weighted by Crippen LogP contribution is -2.08. The molecule has 0 aliphatic heterocycles. The number of hydrogen-bond donors (Lipinski definition) is 0. The van der Waals surface area contributed by atoms with E-state index >= 15 is 0 Å². The zero-order valence-electron chi connectivity index (χ0n) is 10.9. The second-order valence-electron chi connectivity index (χ2n) is 5.08. The Morgan fingerprint density at radius 1 is 1.00 bits per heavy atom. The highest BCUT2D eigenvalue weighted by molar-refractivity contribution is 5.69. The molecule has 0 amide bonds. The fraction of sp³-hybridized carbons (Fsp3) is 0.312. The highest BCUT2D eigenvalue weighted by Crippen LogP contribution is 2.34. The number of hydrogen-bond acceptors (Lipinski definition) is 1. The van der Waals surface area contributed by atoms with E-state index in [1.807, 2.05) is 12.1 Å². The van der Waals surface area contributed by atoms with Crippen molar-refractivity contribution in [2.24, 2.45) is 0 Å². The Balaban J connectivity index is 2.10. The summed E-state index contributed by atoms with van der Waals surface area (Å²) in [6.07, 6.45) is 1.04. The maximum absolute atomic E-state index is 12.8. The first-order valence-electron chi connectivity index (χ1n) is 6.70. The molecule has 0 radical (unpaired) electrons. The molecule has 1 nitrogen and oxygen atoms in total. The molecule has 0 N–H and O–H groups in total. The topological polar surface area (TPSA) is 12.9 Å². The number of halogens is 3. The lowest BCUT2D eigenvalue weighted by Gasteiger charge is -2.19. The van der Waals surface area contributed by atoms with E-state index in [0.29, 0.717) is 5.56 Å². The van der Waals surface area contributed by atoms with Crippen LogP contribution < -0.4 is 0 Å². The number of pyridine rings is 1. The quantitative estimate of drug-likeness (QED) is 0.739. The summed E-state index contributed by atoms with van der Waals surface area (Å²) in [7, 11) is 0. The van der Waals surface area contributed by atoms with Crippen LogP contribution in [0.5, 0.6) is 0 Å². The molecule has 1 heterocycles. The zero-order chi connectivity index (χ0) is 14.2. The van der Waals surface area contributed by atoms with Gasteiger partial charge in [-0.2, -0.15) is 13.2 Å². The number of fused-ring (bicyclic) bond motifs is 1. The molecule has 104 valence electrons. The molecule has 0 unspecified atom stereocenters. The van der Waals surface area contributed by atoms with Gasteiger partial charge in [0.25, 0.3) is 0 Å². The minimum atomic E-state index is -4.40. The van der Waals surface area contributed by atoms with Crippen LogP contribution in [0.25, 0.3) is 11.1 Å². The SMILES string of the molecule is FC(F)(F)c1cc(-c2cccc3c2CCCC3)ccn1. The molecule has 1 aliphatic carbocycles. The molecule has 0 saturated heterocycles. The number of rotatable bonds is 1. The molecular weight excluding hydrogens is 263 g/mol. The van der Waals surface area contributed by atoms with Crippen molar-refractivity contribution < 1.29 is 13.2 Å². The van der Waals surface area contributed by atoms with Crippen LogP contribution in [0.2, 0.25) is 0 Å². The van der Waals surface area contributed by atoms with Crippen molar-refractivity contribution in [2.45, 2.75) is 31.9 Å². The maximum Gasteiger partial charge on any atom is 0.433 e. The Bertz CT molecular complexity index is 632. The standard InChI is InChI=1S/C16H14F3N/c17-16(18,19)15-10-12(8-9-20-15)14-7-3-5-11-4-1-2-6-13(11)14/h3,5,7-10H,1-2,4,6H2. The van der Waals surface area contributed by atoms with Gasteiger partial charge < -0.3 is 0 Å². The first-order valence-corrected chi connectivity index (χ1v) is 6.70. The third-order valence-corrected chi connectivity index (χ3v) is 3.76. The second kappa shape index (κ2) is 4.93. The van der Waals surface area contributed by atoms with Crippen LogP contribution in [-0.2, 0) is 19.0 Å². The molecule has 1 aromatic heterocycles. The first-order chi connectivity index (χ1) is 9.55. The lowest BCUT2D eigenvalue weighted by atomic mass is 9.86. The Morgan fingerprint density at radius 3 is 2.60 bits per heavy atom. The Morgan fingerprint density at radius 2 is 1.80 bits per heavy atom. The largest absolute Gasteiger partial charge is 0.433 e. The van der Waals surface area contributed by atoms with Gasteiger partial charge in [0.15, 0.2) is 0 Å². The summed E-state index contributed by atoms with van der Waals surface area (Å²) in [5, 5.41) is 0. The van der Waals surface area contributed by atoms with Crippen molar-refractivity contribution in [3.8, 4) is 11.1 Å². The minimum Gasteiger partial charge on any atom is -0.252 e. The van der Waals surface area contributed by atoms with Crippen molar-refractivity contribution in [1.29, 1.82) is 0 Å². The van der Waals surface area contributed by atoms with Crippen molar-refractivity contribution in [2.75, 3.05) is 0 Å². The van der Waals surface area contributed by atoms with Gasteiger partial charge in [-0.15, -0.1) is 0 Å². The van der Waals surface area contributed by atoms with Gasteiger partial charge in [0.1, 0.15) is 5.69 Å². The molecule has 1 aromatic carbocycles. The van der Waals surface area contributed by atoms with Gasteiger partial charge in [0, 0.05) is 6.20 Å². The molecule has 0 atom stereocenters. The molecule has 1 aliphatic rings. The average molecular weight is 277 g/mol. The zero-order valence-corrected chi connectivity index (χ0v) is 10.9. The maximum atomic E-state index is 12.8. The lowest BCUT2D eigenvalue weighted by molar-refractivity contribution is -0.141. The van der Waals surface area contributed by atoms with Gasteiger partial charge in [0.05, 0.1) is 0 Å². The Kier molecular flexibility index (Phi) is 3.24.